The van der Waals surface area contributed by atoms with E-state index < -0.39 is 9.84 Å². The van der Waals surface area contributed by atoms with Crippen molar-refractivity contribution in [2.75, 3.05) is 17.7 Å². The predicted octanol–water partition coefficient (Wildman–Crippen LogP) is 3.47. The lowest BCUT2D eigenvalue weighted by Gasteiger charge is -2.36. The first-order valence-electron chi connectivity index (χ1n) is 7.15. The monoisotopic (exact) mass is 315 g/mol. The molecule has 1 aromatic carbocycles. The lowest BCUT2D eigenvalue weighted by Crippen LogP contribution is -2.40. The molecule has 0 spiro atoms. The van der Waals surface area contributed by atoms with Gasteiger partial charge in [0.05, 0.1) is 16.0 Å². The summed E-state index contributed by atoms with van der Waals surface area (Å²) in [4.78, 5) is 2.57. The maximum atomic E-state index is 11.8. The van der Waals surface area contributed by atoms with Crippen LogP contribution in [0.1, 0.15) is 32.6 Å². The van der Waals surface area contributed by atoms with Gasteiger partial charge in [0.1, 0.15) is 0 Å². The van der Waals surface area contributed by atoms with E-state index in [4.69, 9.17) is 11.6 Å². The molecule has 0 amide bonds. The lowest BCUT2D eigenvalue weighted by molar-refractivity contribution is 0.434. The number of sulfone groups is 1. The van der Waals surface area contributed by atoms with Crippen LogP contribution in [-0.4, -0.2) is 32.6 Å². The molecule has 0 saturated heterocycles. The van der Waals surface area contributed by atoms with Crippen molar-refractivity contribution in [1.29, 1.82) is 0 Å². The SMILES string of the molecule is CCS(=O)(=O)c1ccc(N(C)C2CCCCC2Cl)cc1. The third kappa shape index (κ3) is 3.29. The topological polar surface area (TPSA) is 37.4 Å². The van der Waals surface area contributed by atoms with Gasteiger partial charge < -0.3 is 4.90 Å². The number of halogens is 1. The molecule has 1 aliphatic carbocycles. The molecule has 20 heavy (non-hydrogen) atoms. The van der Waals surface area contributed by atoms with Crippen LogP contribution in [0.25, 0.3) is 0 Å². The van der Waals surface area contributed by atoms with E-state index in [2.05, 4.69) is 4.90 Å². The van der Waals surface area contributed by atoms with Crippen molar-refractivity contribution < 1.29 is 8.42 Å². The summed E-state index contributed by atoms with van der Waals surface area (Å²) in [6.45, 7) is 1.66. The molecule has 0 aliphatic heterocycles. The molecule has 2 atom stereocenters. The standard InChI is InChI=1S/C15H22ClNO2S/c1-3-20(18,19)13-10-8-12(9-11-13)17(2)15-7-5-4-6-14(15)16/h8-11,14-15H,3-7H2,1-2H3. The number of benzene rings is 1. The Bertz CT molecular complexity index is 541. The summed E-state index contributed by atoms with van der Waals surface area (Å²) in [5.74, 6) is 0.133. The Morgan fingerprint density at radius 1 is 1.20 bits per heavy atom. The van der Waals surface area contributed by atoms with Crippen LogP contribution in [0.5, 0.6) is 0 Å². The predicted molar refractivity (Wildman–Crippen MR) is 84.5 cm³/mol. The molecule has 2 unspecified atom stereocenters. The fourth-order valence-corrected chi connectivity index (χ4v) is 4.08. The lowest BCUT2D eigenvalue weighted by atomic mass is 9.93. The quantitative estimate of drug-likeness (QED) is 0.798. The van der Waals surface area contributed by atoms with Gasteiger partial charge in [-0.05, 0) is 37.1 Å². The van der Waals surface area contributed by atoms with E-state index in [9.17, 15) is 8.42 Å². The molecular weight excluding hydrogens is 294 g/mol. The molecule has 0 aromatic heterocycles. The zero-order valence-electron chi connectivity index (χ0n) is 12.0. The maximum Gasteiger partial charge on any atom is 0.178 e. The van der Waals surface area contributed by atoms with Crippen molar-refractivity contribution in [2.24, 2.45) is 0 Å². The molecule has 1 saturated carbocycles. The van der Waals surface area contributed by atoms with Gasteiger partial charge in [0.25, 0.3) is 0 Å². The first kappa shape index (κ1) is 15.6. The number of rotatable bonds is 4. The molecule has 3 nitrogen and oxygen atoms in total. The van der Waals surface area contributed by atoms with Crippen LogP contribution in [0.2, 0.25) is 0 Å². The molecule has 0 N–H and O–H groups in total. The fourth-order valence-electron chi connectivity index (χ4n) is 2.75. The highest BCUT2D eigenvalue weighted by Crippen LogP contribution is 2.30. The smallest absolute Gasteiger partial charge is 0.178 e. The van der Waals surface area contributed by atoms with Gasteiger partial charge in [-0.2, -0.15) is 0 Å². The van der Waals surface area contributed by atoms with Gasteiger partial charge in [0.15, 0.2) is 9.84 Å². The minimum Gasteiger partial charge on any atom is -0.370 e. The van der Waals surface area contributed by atoms with Crippen molar-refractivity contribution in [3.05, 3.63) is 24.3 Å². The normalized spacial score (nSPS) is 23.6. The van der Waals surface area contributed by atoms with Gasteiger partial charge in [-0.3, -0.25) is 0 Å². The third-order valence-electron chi connectivity index (χ3n) is 4.13. The Balaban J connectivity index is 2.17. The minimum atomic E-state index is -3.12. The van der Waals surface area contributed by atoms with E-state index in [1.54, 1.807) is 19.1 Å². The molecule has 1 fully saturated rings. The van der Waals surface area contributed by atoms with Gasteiger partial charge in [-0.15, -0.1) is 11.6 Å². The van der Waals surface area contributed by atoms with Crippen LogP contribution in [0, 0.1) is 0 Å². The van der Waals surface area contributed by atoms with Crippen molar-refractivity contribution in [1.82, 2.24) is 0 Å². The highest BCUT2D eigenvalue weighted by Gasteiger charge is 2.27. The van der Waals surface area contributed by atoms with E-state index in [1.165, 1.54) is 12.8 Å². The summed E-state index contributed by atoms with van der Waals surface area (Å²) >= 11 is 6.42. The molecular formula is C15H22ClNO2S. The van der Waals surface area contributed by atoms with Crippen molar-refractivity contribution in [3.63, 3.8) is 0 Å². The van der Waals surface area contributed by atoms with Crippen LogP contribution < -0.4 is 4.90 Å². The average Bonchev–Trinajstić information content (AvgIpc) is 2.47. The largest absolute Gasteiger partial charge is 0.370 e. The Morgan fingerprint density at radius 2 is 1.80 bits per heavy atom. The second-order valence-electron chi connectivity index (χ2n) is 5.38. The average molecular weight is 316 g/mol. The highest BCUT2D eigenvalue weighted by molar-refractivity contribution is 7.91. The summed E-state index contributed by atoms with van der Waals surface area (Å²) in [6, 6.07) is 7.47. The van der Waals surface area contributed by atoms with Gasteiger partial charge in [-0.1, -0.05) is 19.8 Å². The first-order chi connectivity index (χ1) is 9.45. The Morgan fingerprint density at radius 3 is 2.35 bits per heavy atom. The Labute approximate surface area is 126 Å². The molecule has 1 aromatic rings. The van der Waals surface area contributed by atoms with Gasteiger partial charge in [0.2, 0.25) is 0 Å². The molecule has 5 heteroatoms. The van der Waals surface area contributed by atoms with Crippen molar-refractivity contribution in [2.45, 2.75) is 48.9 Å². The summed E-state index contributed by atoms with van der Waals surface area (Å²) in [7, 11) is -1.08. The number of hydrogen-bond acceptors (Lipinski definition) is 3. The Hall–Kier alpha value is -0.740. The Kier molecular flexibility index (Phi) is 4.97. The zero-order chi connectivity index (χ0) is 14.8. The molecule has 0 heterocycles. The van der Waals surface area contributed by atoms with Crippen LogP contribution in [-0.2, 0) is 9.84 Å². The summed E-state index contributed by atoms with van der Waals surface area (Å²) < 4.78 is 23.6. The summed E-state index contributed by atoms with van der Waals surface area (Å²) in [5, 5.41) is 0.174. The number of alkyl halides is 1. The molecule has 0 bridgehead atoms. The van der Waals surface area contributed by atoms with Crippen LogP contribution in [0.3, 0.4) is 0 Å². The molecule has 1 aliphatic rings. The molecule has 0 radical (unpaired) electrons. The second-order valence-corrected chi connectivity index (χ2v) is 8.21. The highest BCUT2D eigenvalue weighted by atomic mass is 35.5. The zero-order valence-corrected chi connectivity index (χ0v) is 13.6. The first-order valence-corrected chi connectivity index (χ1v) is 9.24. The van der Waals surface area contributed by atoms with E-state index >= 15 is 0 Å². The number of nitrogens with zero attached hydrogens (tertiary/aromatic N) is 1. The van der Waals surface area contributed by atoms with Crippen LogP contribution in [0.4, 0.5) is 5.69 Å². The second kappa shape index (κ2) is 6.35. The van der Waals surface area contributed by atoms with Crippen molar-refractivity contribution in [3.8, 4) is 0 Å². The van der Waals surface area contributed by atoms with E-state index in [-0.39, 0.29) is 11.1 Å². The van der Waals surface area contributed by atoms with Gasteiger partial charge in [0, 0.05) is 18.8 Å². The van der Waals surface area contributed by atoms with E-state index in [1.807, 2.05) is 19.2 Å². The third-order valence-corrected chi connectivity index (χ3v) is 6.39. The van der Waals surface area contributed by atoms with Crippen LogP contribution >= 0.6 is 11.6 Å². The van der Waals surface area contributed by atoms with Crippen LogP contribution in [0.15, 0.2) is 29.2 Å². The molecule has 2 rings (SSSR count). The van der Waals surface area contributed by atoms with E-state index in [0.29, 0.717) is 10.9 Å². The van der Waals surface area contributed by atoms with Gasteiger partial charge in [-0.25, -0.2) is 8.42 Å². The fraction of sp³-hybridized carbons (Fsp3) is 0.600. The molecule has 112 valence electrons. The summed E-state index contributed by atoms with van der Waals surface area (Å²) in [6.07, 6.45) is 4.56. The van der Waals surface area contributed by atoms with Crippen molar-refractivity contribution >= 4 is 27.1 Å². The summed E-state index contributed by atoms with van der Waals surface area (Å²) in [5.41, 5.74) is 1.03. The maximum absolute atomic E-state index is 11.8. The number of hydrogen-bond donors (Lipinski definition) is 0. The van der Waals surface area contributed by atoms with E-state index in [0.717, 1.165) is 18.5 Å². The van der Waals surface area contributed by atoms with Gasteiger partial charge >= 0.3 is 0 Å². The minimum absolute atomic E-state index is 0.133. The number of anilines is 1.